The number of benzene rings is 2. The number of nitrogens with zero attached hydrogens (tertiary/aromatic N) is 2. The van der Waals surface area contributed by atoms with Crippen molar-refractivity contribution in [1.29, 1.82) is 0 Å². The van der Waals surface area contributed by atoms with E-state index in [-0.39, 0.29) is 11.8 Å². The summed E-state index contributed by atoms with van der Waals surface area (Å²) in [5.41, 5.74) is 10.3. The van der Waals surface area contributed by atoms with Gasteiger partial charge >= 0.3 is 0 Å². The molecule has 0 bridgehead atoms. The molecule has 0 aliphatic carbocycles. The first kappa shape index (κ1) is 78.5. The molecular weight excluding hydrogens is 1290 g/mol. The van der Waals surface area contributed by atoms with Gasteiger partial charge in [-0.15, -0.1) is 22.7 Å². The largest absolute Gasteiger partial charge is 0.307 e. The van der Waals surface area contributed by atoms with Crippen molar-refractivity contribution in [2.45, 2.75) is 363 Å². The number of anilines is 2. The number of amides is 2. The zero-order chi connectivity index (χ0) is 65.4. The summed E-state index contributed by atoms with van der Waals surface area (Å²) in [6.07, 6.45) is 64.2. The quantitative estimate of drug-likeness (QED) is 0.0326. The third-order valence-electron chi connectivity index (χ3n) is 20.7. The molecule has 516 valence electrons. The molecule has 2 amide bonds. The molecule has 4 aromatic rings. The Kier molecular flexibility index (Phi) is 40.5. The maximum absolute atomic E-state index is 16.2. The van der Waals surface area contributed by atoms with Gasteiger partial charge in [0, 0.05) is 34.0 Å². The van der Waals surface area contributed by atoms with Crippen molar-refractivity contribution in [3.8, 4) is 20.9 Å². The SMILES string of the molecule is CCCCCCCCCCCCc1cc(-c2ccc3c(c2)N(CC(CCCCCCCC)CCCCCCCC)C(=O)/C3=C2/C(=O)N(CC(CCCCCCCC)CCCCCCCC)c3cc(-c4cc(CCCCCCCCCCCC)c(Br)s4)ccc32)sc1Br. The molecule has 0 N–H and O–H groups in total. The zero-order valence-electron chi connectivity index (χ0n) is 59.8. The van der Waals surface area contributed by atoms with Crippen LogP contribution in [0.2, 0.25) is 0 Å². The first-order valence-electron chi connectivity index (χ1n) is 39.4. The Hall–Kier alpha value is -2.52. The molecule has 4 nitrogen and oxygen atoms in total. The highest BCUT2D eigenvalue weighted by Gasteiger charge is 2.43. The van der Waals surface area contributed by atoms with Crippen LogP contribution in [0.15, 0.2) is 56.1 Å². The molecule has 92 heavy (non-hydrogen) atoms. The van der Waals surface area contributed by atoms with Gasteiger partial charge in [0.2, 0.25) is 0 Å². The minimum atomic E-state index is 0.0248. The van der Waals surface area contributed by atoms with E-state index in [1.165, 1.54) is 322 Å². The Morgan fingerprint density at radius 3 is 0.848 bits per heavy atom. The van der Waals surface area contributed by atoms with Crippen molar-refractivity contribution in [2.24, 2.45) is 11.8 Å². The second kappa shape index (κ2) is 47.4. The van der Waals surface area contributed by atoms with E-state index in [4.69, 9.17) is 0 Å². The maximum Gasteiger partial charge on any atom is 0.259 e. The number of thiophene rings is 2. The summed E-state index contributed by atoms with van der Waals surface area (Å²) in [7, 11) is 0. The molecule has 0 unspecified atom stereocenters. The van der Waals surface area contributed by atoms with E-state index in [1.54, 1.807) is 0 Å². The topological polar surface area (TPSA) is 40.6 Å². The lowest BCUT2D eigenvalue weighted by Crippen LogP contribution is -2.34. The average molecular weight is 1430 g/mol. The van der Waals surface area contributed by atoms with Gasteiger partial charge in [0.15, 0.2) is 0 Å². The average Bonchev–Trinajstić information content (AvgIpc) is 1.57. The highest BCUT2D eigenvalue weighted by atomic mass is 79.9. The van der Waals surface area contributed by atoms with Gasteiger partial charge < -0.3 is 9.80 Å². The Bertz CT molecular complexity index is 2470. The number of aryl methyl sites for hydroxylation is 2. The van der Waals surface area contributed by atoms with Crippen LogP contribution in [0, 0.1) is 11.8 Å². The van der Waals surface area contributed by atoms with E-state index in [0.29, 0.717) is 36.1 Å². The van der Waals surface area contributed by atoms with Crippen LogP contribution in [0.4, 0.5) is 11.4 Å². The second-order valence-electron chi connectivity index (χ2n) is 28.7. The third-order valence-corrected chi connectivity index (χ3v) is 24.7. The highest BCUT2D eigenvalue weighted by molar-refractivity contribution is 9.11. The van der Waals surface area contributed by atoms with Crippen molar-refractivity contribution in [1.82, 2.24) is 0 Å². The zero-order valence-corrected chi connectivity index (χ0v) is 64.6. The summed E-state index contributed by atoms with van der Waals surface area (Å²) < 4.78 is 2.47. The van der Waals surface area contributed by atoms with Crippen LogP contribution in [0.3, 0.4) is 0 Å². The van der Waals surface area contributed by atoms with Gasteiger partial charge in [0.25, 0.3) is 11.8 Å². The molecule has 0 saturated carbocycles. The maximum atomic E-state index is 16.2. The van der Waals surface area contributed by atoms with Crippen molar-refractivity contribution in [3.63, 3.8) is 0 Å². The van der Waals surface area contributed by atoms with Crippen molar-refractivity contribution < 1.29 is 9.59 Å². The fraction of sp³-hybridized carbons (Fsp3) is 0.714. The minimum absolute atomic E-state index is 0.0248. The van der Waals surface area contributed by atoms with Gasteiger partial charge in [-0.3, -0.25) is 9.59 Å². The predicted octanol–water partition coefficient (Wildman–Crippen LogP) is 29.4. The number of hydrogen-bond acceptors (Lipinski definition) is 4. The van der Waals surface area contributed by atoms with E-state index in [1.807, 2.05) is 22.7 Å². The van der Waals surface area contributed by atoms with Crippen LogP contribution in [-0.4, -0.2) is 24.9 Å². The lowest BCUT2D eigenvalue weighted by atomic mass is 9.93. The molecule has 0 radical (unpaired) electrons. The van der Waals surface area contributed by atoms with Gasteiger partial charge in [-0.25, -0.2) is 0 Å². The van der Waals surface area contributed by atoms with Crippen molar-refractivity contribution in [3.05, 3.63) is 78.4 Å². The molecule has 4 heterocycles. The normalized spacial score (nSPS) is 14.0. The van der Waals surface area contributed by atoms with Crippen LogP contribution in [0.1, 0.15) is 372 Å². The monoisotopic (exact) mass is 1420 g/mol. The Morgan fingerprint density at radius 2 is 0.576 bits per heavy atom. The van der Waals surface area contributed by atoms with Crippen molar-refractivity contribution in [2.75, 3.05) is 22.9 Å². The van der Waals surface area contributed by atoms with Gasteiger partial charge in [-0.1, -0.05) is 335 Å². The summed E-state index contributed by atoms with van der Waals surface area (Å²) in [4.78, 5) is 39.2. The summed E-state index contributed by atoms with van der Waals surface area (Å²) >= 11 is 11.8. The molecule has 2 aliphatic heterocycles. The van der Waals surface area contributed by atoms with Gasteiger partial charge in [0.05, 0.1) is 30.1 Å². The number of carbonyl (C=O) groups excluding carboxylic acids is 2. The number of halogens is 2. The lowest BCUT2D eigenvalue weighted by molar-refractivity contribution is -0.114. The van der Waals surface area contributed by atoms with Gasteiger partial charge in [-0.05, 0) is 142 Å². The van der Waals surface area contributed by atoms with E-state index < -0.39 is 0 Å². The van der Waals surface area contributed by atoms with Gasteiger partial charge in [0.1, 0.15) is 0 Å². The van der Waals surface area contributed by atoms with Gasteiger partial charge in [-0.2, -0.15) is 0 Å². The number of unbranched alkanes of at least 4 members (excludes halogenated alkanes) is 38. The van der Waals surface area contributed by atoms with Crippen molar-refractivity contribution >= 4 is 88.9 Å². The molecule has 2 aliphatic rings. The second-order valence-corrected chi connectivity index (χ2v) is 33.4. The number of carbonyl (C=O) groups is 2. The molecule has 8 heteroatoms. The fourth-order valence-corrected chi connectivity index (χ4v) is 18.4. The van der Waals surface area contributed by atoms with E-state index in [0.717, 1.165) is 61.0 Å². The molecule has 0 fully saturated rings. The fourth-order valence-electron chi connectivity index (χ4n) is 14.9. The summed E-state index contributed by atoms with van der Waals surface area (Å²) in [5.74, 6) is 0.848. The van der Waals surface area contributed by atoms with E-state index >= 15 is 9.59 Å². The number of rotatable bonds is 56. The molecule has 0 saturated heterocycles. The predicted molar refractivity (Wildman–Crippen MR) is 416 cm³/mol. The molecule has 2 aromatic carbocycles. The molecule has 2 aromatic heterocycles. The Balaban J connectivity index is 1.37. The summed E-state index contributed by atoms with van der Waals surface area (Å²) in [6, 6.07) is 18.5. The van der Waals surface area contributed by atoms with Crippen LogP contribution >= 0.6 is 54.5 Å². The first-order chi connectivity index (χ1) is 45.2. The smallest absolute Gasteiger partial charge is 0.259 e. The van der Waals surface area contributed by atoms with Crippen LogP contribution in [0.5, 0.6) is 0 Å². The van der Waals surface area contributed by atoms with Crippen LogP contribution in [0.25, 0.3) is 32.0 Å². The number of fused-ring (bicyclic) bond motifs is 2. The summed E-state index contributed by atoms with van der Waals surface area (Å²) in [6.45, 7) is 15.2. The molecule has 0 spiro atoms. The third kappa shape index (κ3) is 27.1. The lowest BCUT2D eigenvalue weighted by Gasteiger charge is -2.25. The number of hydrogen-bond donors (Lipinski definition) is 0. The van der Waals surface area contributed by atoms with E-state index in [2.05, 4.69) is 132 Å². The molecule has 0 atom stereocenters. The summed E-state index contributed by atoms with van der Waals surface area (Å²) in [5, 5.41) is 0. The first-order valence-corrected chi connectivity index (χ1v) is 42.6. The minimum Gasteiger partial charge on any atom is -0.307 e. The molecule has 6 rings (SSSR count). The Labute approximate surface area is 590 Å². The van der Waals surface area contributed by atoms with Crippen LogP contribution < -0.4 is 9.80 Å². The van der Waals surface area contributed by atoms with Crippen LogP contribution in [-0.2, 0) is 22.4 Å². The molecular formula is C84H132Br2N2O2S2. The standard InChI is InChI=1S/C84H132Br2N2O2S2/c1-7-13-19-25-31-33-35-37-43-49-55-71-63-77(91-81(71)85)69-57-59-73-75(61-69)87(65-67(51-45-39-27-21-15-9-3)52-46-40-28-22-16-10-4)83(89)79(73)80-74-60-58-70(78-64-72(82(86)92-78)56-50-44-38-36-34-32-26-20-14-8-2)62-76(74)88(84(80)90)66-68(53-47-41-29-23-17-11-5)54-48-42-30-24-18-12-6/h57-64,67-68H,7-56,65-66H2,1-6H3/b80-79+. The van der Waals surface area contributed by atoms with E-state index in [9.17, 15) is 0 Å². The Morgan fingerprint density at radius 1 is 0.326 bits per heavy atom. The highest BCUT2D eigenvalue weighted by Crippen LogP contribution is 2.51.